The van der Waals surface area contributed by atoms with Crippen molar-refractivity contribution in [3.8, 4) is 5.75 Å². The quantitative estimate of drug-likeness (QED) is 0.532. The average Bonchev–Trinajstić information content (AvgIpc) is 2.62. The Kier molecular flexibility index (Phi) is 6.74. The number of nitrogens with one attached hydrogen (secondary N) is 1. The zero-order valence-electron chi connectivity index (χ0n) is 15.5. The first kappa shape index (κ1) is 21.4. The number of carbonyl (C=O) groups excluding carboxylic acids is 2. The molecule has 0 radical (unpaired) electrons. The standard InChI is InChI=1S/C19H20FNO6S/c1-12(18(22)14-4-8-16(9-5-14)21-28(3,24)25)27-19(23)13(2)26-17-10-6-15(20)7-11-17/h4-13,21H,1-3H3/t12-,13-/m1/s1. The zero-order chi connectivity index (χ0) is 20.9. The zero-order valence-corrected chi connectivity index (χ0v) is 16.3. The molecule has 0 aliphatic rings. The second kappa shape index (κ2) is 8.83. The van der Waals surface area contributed by atoms with E-state index in [-0.39, 0.29) is 5.56 Å². The van der Waals surface area contributed by atoms with Gasteiger partial charge in [-0.2, -0.15) is 0 Å². The maximum absolute atomic E-state index is 12.9. The smallest absolute Gasteiger partial charge is 0.347 e. The van der Waals surface area contributed by atoms with Gasteiger partial charge < -0.3 is 9.47 Å². The molecule has 2 rings (SSSR count). The summed E-state index contributed by atoms with van der Waals surface area (Å²) in [5.74, 6) is -1.34. The highest BCUT2D eigenvalue weighted by Crippen LogP contribution is 2.16. The third kappa shape index (κ3) is 6.34. The van der Waals surface area contributed by atoms with Crippen molar-refractivity contribution < 1.29 is 31.9 Å². The third-order valence-corrected chi connectivity index (χ3v) is 4.20. The van der Waals surface area contributed by atoms with Crippen LogP contribution in [0.2, 0.25) is 0 Å². The molecule has 0 bridgehead atoms. The molecule has 0 heterocycles. The number of carbonyl (C=O) groups is 2. The van der Waals surface area contributed by atoms with E-state index in [0.29, 0.717) is 11.4 Å². The maximum Gasteiger partial charge on any atom is 0.347 e. The molecule has 0 saturated heterocycles. The molecular weight excluding hydrogens is 389 g/mol. The lowest BCUT2D eigenvalue weighted by atomic mass is 10.1. The first-order chi connectivity index (χ1) is 13.0. The van der Waals surface area contributed by atoms with Crippen molar-refractivity contribution in [1.29, 1.82) is 0 Å². The average molecular weight is 409 g/mol. The Morgan fingerprint density at radius 2 is 1.54 bits per heavy atom. The molecule has 0 saturated carbocycles. The number of anilines is 1. The van der Waals surface area contributed by atoms with Crippen LogP contribution in [0.4, 0.5) is 10.1 Å². The molecule has 0 unspecified atom stereocenters. The van der Waals surface area contributed by atoms with Crippen LogP contribution in [-0.4, -0.2) is 38.6 Å². The molecular formula is C19H20FNO6S. The van der Waals surface area contributed by atoms with Crippen molar-refractivity contribution in [3.63, 3.8) is 0 Å². The van der Waals surface area contributed by atoms with Gasteiger partial charge in [0.25, 0.3) is 0 Å². The number of ether oxygens (including phenoxy) is 2. The Labute approximate surface area is 162 Å². The van der Waals surface area contributed by atoms with Crippen molar-refractivity contribution in [3.05, 3.63) is 59.9 Å². The molecule has 28 heavy (non-hydrogen) atoms. The Morgan fingerprint density at radius 1 is 0.964 bits per heavy atom. The van der Waals surface area contributed by atoms with Crippen molar-refractivity contribution in [2.45, 2.75) is 26.1 Å². The van der Waals surface area contributed by atoms with E-state index < -0.39 is 39.8 Å². The summed E-state index contributed by atoms with van der Waals surface area (Å²) in [5, 5.41) is 0. The summed E-state index contributed by atoms with van der Waals surface area (Å²) in [6.45, 7) is 2.88. The number of esters is 1. The normalized spacial score (nSPS) is 13.3. The fourth-order valence-corrected chi connectivity index (χ4v) is 2.80. The fraction of sp³-hybridized carbons (Fsp3) is 0.263. The van der Waals surface area contributed by atoms with Gasteiger partial charge in [-0.3, -0.25) is 9.52 Å². The molecule has 150 valence electrons. The van der Waals surface area contributed by atoms with Crippen LogP contribution in [0.15, 0.2) is 48.5 Å². The van der Waals surface area contributed by atoms with Crippen LogP contribution in [0, 0.1) is 5.82 Å². The summed E-state index contributed by atoms with van der Waals surface area (Å²) >= 11 is 0. The highest BCUT2D eigenvalue weighted by Gasteiger charge is 2.24. The minimum Gasteiger partial charge on any atom is -0.479 e. The summed E-state index contributed by atoms with van der Waals surface area (Å²) < 4.78 is 48.1. The minimum absolute atomic E-state index is 0.256. The van der Waals surface area contributed by atoms with Gasteiger partial charge >= 0.3 is 5.97 Å². The summed E-state index contributed by atoms with van der Waals surface area (Å²) in [7, 11) is -3.42. The van der Waals surface area contributed by atoms with Crippen molar-refractivity contribution in [1.82, 2.24) is 0 Å². The van der Waals surface area contributed by atoms with Crippen LogP contribution in [-0.2, 0) is 19.6 Å². The number of halogens is 1. The highest BCUT2D eigenvalue weighted by atomic mass is 32.2. The fourth-order valence-electron chi connectivity index (χ4n) is 2.24. The van der Waals surface area contributed by atoms with Crippen molar-refractivity contribution in [2.75, 3.05) is 11.0 Å². The van der Waals surface area contributed by atoms with Gasteiger partial charge in [-0.05, 0) is 62.4 Å². The molecule has 2 aromatic rings. The summed E-state index contributed by atoms with van der Waals surface area (Å²) in [6.07, 6.45) is -1.05. The van der Waals surface area contributed by atoms with E-state index in [9.17, 15) is 22.4 Å². The van der Waals surface area contributed by atoms with Gasteiger partial charge in [0.15, 0.2) is 12.2 Å². The second-order valence-electron chi connectivity index (χ2n) is 6.11. The Hall–Kier alpha value is -2.94. The SMILES string of the molecule is C[C@@H](Oc1ccc(F)cc1)C(=O)O[C@H](C)C(=O)c1ccc(NS(C)(=O)=O)cc1. The van der Waals surface area contributed by atoms with Crippen LogP contribution in [0.1, 0.15) is 24.2 Å². The molecule has 7 nitrogen and oxygen atoms in total. The third-order valence-electron chi connectivity index (χ3n) is 3.59. The Balaban J connectivity index is 1.95. The van der Waals surface area contributed by atoms with E-state index in [2.05, 4.69) is 4.72 Å². The molecule has 9 heteroatoms. The van der Waals surface area contributed by atoms with Crippen LogP contribution < -0.4 is 9.46 Å². The predicted molar refractivity (Wildman–Crippen MR) is 101 cm³/mol. The number of Topliss-reactive ketones (excluding diaryl/α,β-unsaturated/α-hetero) is 1. The lowest BCUT2D eigenvalue weighted by Crippen LogP contribution is -2.32. The van der Waals surface area contributed by atoms with Gasteiger partial charge in [-0.15, -0.1) is 0 Å². The van der Waals surface area contributed by atoms with Crippen molar-refractivity contribution >= 4 is 27.5 Å². The monoisotopic (exact) mass is 409 g/mol. The second-order valence-corrected chi connectivity index (χ2v) is 7.86. The molecule has 0 amide bonds. The van der Waals surface area contributed by atoms with Gasteiger partial charge in [0.1, 0.15) is 11.6 Å². The van der Waals surface area contributed by atoms with Crippen LogP contribution in [0.3, 0.4) is 0 Å². The summed E-state index contributed by atoms with van der Waals surface area (Å²) in [4.78, 5) is 24.5. The Bertz CT molecular complexity index is 941. The highest BCUT2D eigenvalue weighted by molar-refractivity contribution is 7.92. The maximum atomic E-state index is 12.9. The number of rotatable bonds is 8. The molecule has 2 atom stereocenters. The van der Waals surface area contributed by atoms with Crippen LogP contribution >= 0.6 is 0 Å². The topological polar surface area (TPSA) is 98.8 Å². The first-order valence-electron chi connectivity index (χ1n) is 8.30. The van der Waals surface area contributed by atoms with Gasteiger partial charge in [-0.1, -0.05) is 0 Å². The van der Waals surface area contributed by atoms with Crippen molar-refractivity contribution in [2.24, 2.45) is 0 Å². The summed E-state index contributed by atoms with van der Waals surface area (Å²) in [5.41, 5.74) is 0.566. The van der Waals surface area contributed by atoms with E-state index >= 15 is 0 Å². The molecule has 0 fully saturated rings. The van der Waals surface area contributed by atoms with Gasteiger partial charge in [-0.25, -0.2) is 17.6 Å². The van der Waals surface area contributed by atoms with Gasteiger partial charge in [0, 0.05) is 11.3 Å². The summed E-state index contributed by atoms with van der Waals surface area (Å²) in [6, 6.07) is 10.9. The van der Waals surface area contributed by atoms with E-state index in [1.165, 1.54) is 62.4 Å². The first-order valence-corrected chi connectivity index (χ1v) is 10.2. The van der Waals surface area contributed by atoms with Gasteiger partial charge in [0.05, 0.1) is 6.26 Å². The minimum atomic E-state index is -3.42. The van der Waals surface area contributed by atoms with E-state index in [1.807, 2.05) is 0 Å². The number of hydrogen-bond acceptors (Lipinski definition) is 6. The lowest BCUT2D eigenvalue weighted by Gasteiger charge is -2.17. The number of hydrogen-bond donors (Lipinski definition) is 1. The van der Waals surface area contributed by atoms with E-state index in [1.54, 1.807) is 0 Å². The molecule has 0 aliphatic carbocycles. The largest absolute Gasteiger partial charge is 0.479 e. The molecule has 0 spiro atoms. The Morgan fingerprint density at radius 3 is 2.07 bits per heavy atom. The molecule has 2 aromatic carbocycles. The number of sulfonamides is 1. The number of ketones is 1. The van der Waals surface area contributed by atoms with E-state index in [0.717, 1.165) is 6.26 Å². The number of benzene rings is 2. The van der Waals surface area contributed by atoms with Crippen LogP contribution in [0.25, 0.3) is 0 Å². The molecule has 1 N–H and O–H groups in total. The van der Waals surface area contributed by atoms with Gasteiger partial charge in [0.2, 0.25) is 15.8 Å². The predicted octanol–water partition coefficient (Wildman–Crippen LogP) is 2.78. The molecule has 0 aliphatic heterocycles. The molecule has 0 aromatic heterocycles. The van der Waals surface area contributed by atoms with E-state index in [4.69, 9.17) is 9.47 Å². The van der Waals surface area contributed by atoms with Crippen LogP contribution in [0.5, 0.6) is 5.75 Å². The lowest BCUT2D eigenvalue weighted by molar-refractivity contribution is -0.153.